The highest BCUT2D eigenvalue weighted by atomic mass is 16.5. The molecule has 148 valence electrons. The zero-order valence-electron chi connectivity index (χ0n) is 16.5. The Labute approximate surface area is 164 Å². The van der Waals surface area contributed by atoms with E-state index in [9.17, 15) is 4.79 Å². The summed E-state index contributed by atoms with van der Waals surface area (Å²) in [5.41, 5.74) is 8.97. The number of nitrogens with two attached hydrogens (primary N) is 1. The quantitative estimate of drug-likeness (QED) is 0.682. The molecule has 0 saturated carbocycles. The van der Waals surface area contributed by atoms with Gasteiger partial charge in [-0.3, -0.25) is 15.2 Å². The van der Waals surface area contributed by atoms with Crippen LogP contribution in [0.1, 0.15) is 40.2 Å². The molecule has 2 aromatic rings. The van der Waals surface area contributed by atoms with Gasteiger partial charge in [0.25, 0.3) is 5.91 Å². The molecule has 0 unspecified atom stereocenters. The maximum Gasteiger partial charge on any atom is 0.253 e. The van der Waals surface area contributed by atoms with Gasteiger partial charge in [-0.2, -0.15) is 0 Å². The maximum absolute atomic E-state index is 12.3. The van der Waals surface area contributed by atoms with Crippen molar-refractivity contribution in [2.75, 3.05) is 38.4 Å². The number of aromatic nitrogens is 2. The van der Waals surface area contributed by atoms with Gasteiger partial charge in [0.15, 0.2) is 0 Å². The molecule has 8 heteroatoms. The summed E-state index contributed by atoms with van der Waals surface area (Å²) in [6, 6.07) is 5.20. The number of rotatable bonds is 5. The fraction of sp³-hybridized carbons (Fsp3) is 0.400. The van der Waals surface area contributed by atoms with E-state index < -0.39 is 0 Å². The Balaban J connectivity index is 1.97. The summed E-state index contributed by atoms with van der Waals surface area (Å²) in [5, 5.41) is 12.1. The number of nitrogen functional groups attached to an aromatic ring is 1. The van der Waals surface area contributed by atoms with Crippen LogP contribution in [0.4, 0.5) is 11.5 Å². The Morgan fingerprint density at radius 1 is 1.32 bits per heavy atom. The number of aryl methyl sites for hydroxylation is 1. The van der Waals surface area contributed by atoms with Crippen molar-refractivity contribution in [3.8, 4) is 0 Å². The van der Waals surface area contributed by atoms with Crippen molar-refractivity contribution in [2.24, 2.45) is 0 Å². The molecule has 4 N–H and O–H groups in total. The van der Waals surface area contributed by atoms with E-state index in [1.807, 2.05) is 6.92 Å². The van der Waals surface area contributed by atoms with Crippen LogP contribution in [0.15, 0.2) is 24.4 Å². The maximum atomic E-state index is 12.3. The molecule has 0 spiro atoms. The highest BCUT2D eigenvalue weighted by Crippen LogP contribution is 2.26. The Morgan fingerprint density at radius 2 is 2.04 bits per heavy atom. The minimum atomic E-state index is -0.146. The van der Waals surface area contributed by atoms with Gasteiger partial charge in [-0.15, -0.1) is 0 Å². The lowest BCUT2D eigenvalue weighted by Crippen LogP contribution is -2.29. The van der Waals surface area contributed by atoms with Gasteiger partial charge < -0.3 is 20.7 Å². The molecule has 2 aromatic heterocycles. The second-order valence-corrected chi connectivity index (χ2v) is 7.11. The van der Waals surface area contributed by atoms with Crippen molar-refractivity contribution in [1.29, 1.82) is 5.41 Å². The van der Waals surface area contributed by atoms with Crippen LogP contribution >= 0.6 is 0 Å². The lowest BCUT2D eigenvalue weighted by Gasteiger charge is -2.25. The van der Waals surface area contributed by atoms with Crippen LogP contribution in [0, 0.1) is 12.3 Å². The summed E-state index contributed by atoms with van der Waals surface area (Å²) in [7, 11) is 3.37. The van der Waals surface area contributed by atoms with E-state index in [0.717, 1.165) is 18.5 Å². The van der Waals surface area contributed by atoms with Crippen molar-refractivity contribution < 1.29 is 9.53 Å². The Bertz CT molecular complexity index is 890. The summed E-state index contributed by atoms with van der Waals surface area (Å²) >= 11 is 0. The van der Waals surface area contributed by atoms with E-state index in [2.05, 4.69) is 15.3 Å². The minimum absolute atomic E-state index is 0.132. The number of anilines is 2. The van der Waals surface area contributed by atoms with Crippen LogP contribution in [0.2, 0.25) is 0 Å². The first-order chi connectivity index (χ1) is 13.4. The second-order valence-electron chi connectivity index (χ2n) is 7.11. The summed E-state index contributed by atoms with van der Waals surface area (Å²) in [5.74, 6) is 0.424. The van der Waals surface area contributed by atoms with Crippen LogP contribution in [0.25, 0.3) is 0 Å². The molecule has 0 bridgehead atoms. The number of carbonyl (C=O) groups is 1. The average Bonchev–Trinajstić information content (AvgIpc) is 2.67. The fourth-order valence-corrected chi connectivity index (χ4v) is 3.19. The molecule has 3 heterocycles. The largest absolute Gasteiger partial charge is 0.398 e. The van der Waals surface area contributed by atoms with Gasteiger partial charge in [-0.05, 0) is 38.0 Å². The molecule has 1 amide bonds. The standard InChI is InChI=1S/C20H26N6O2/c1-12-10-15(21)17(19(24-12)25-14-5-8-28-9-6-14)18(22)16-11-13(4-7-23-16)20(27)26(2)3/h4,7,10-11,14,22H,5-6,8-9H2,1-3H3,(H3,21,24,25). The predicted octanol–water partition coefficient (Wildman–Crippen LogP) is 2.08. The number of nitrogens with zero attached hydrogens (tertiary/aromatic N) is 3. The summed E-state index contributed by atoms with van der Waals surface area (Å²) < 4.78 is 5.41. The van der Waals surface area contributed by atoms with Crippen LogP contribution < -0.4 is 11.1 Å². The van der Waals surface area contributed by atoms with E-state index in [-0.39, 0.29) is 17.7 Å². The monoisotopic (exact) mass is 382 g/mol. The van der Waals surface area contributed by atoms with Crippen molar-refractivity contribution in [2.45, 2.75) is 25.8 Å². The highest BCUT2D eigenvalue weighted by Gasteiger charge is 2.22. The lowest BCUT2D eigenvalue weighted by molar-refractivity contribution is 0.0827. The molecule has 0 aromatic carbocycles. The molecule has 28 heavy (non-hydrogen) atoms. The minimum Gasteiger partial charge on any atom is -0.398 e. The zero-order valence-corrected chi connectivity index (χ0v) is 16.5. The highest BCUT2D eigenvalue weighted by molar-refractivity contribution is 6.16. The number of ether oxygens (including phenoxy) is 1. The summed E-state index contributed by atoms with van der Waals surface area (Å²) in [6.07, 6.45) is 3.27. The van der Waals surface area contributed by atoms with Gasteiger partial charge in [0.05, 0.1) is 17.0 Å². The zero-order chi connectivity index (χ0) is 20.3. The van der Waals surface area contributed by atoms with Crippen molar-refractivity contribution in [3.05, 3.63) is 46.9 Å². The Kier molecular flexibility index (Phi) is 5.89. The van der Waals surface area contributed by atoms with Crippen LogP contribution in [-0.2, 0) is 4.74 Å². The molecular formula is C20H26N6O2. The summed E-state index contributed by atoms with van der Waals surface area (Å²) in [4.78, 5) is 22.6. The van der Waals surface area contributed by atoms with E-state index in [0.29, 0.717) is 41.5 Å². The molecule has 1 saturated heterocycles. The first-order valence-electron chi connectivity index (χ1n) is 9.25. The van der Waals surface area contributed by atoms with Crippen LogP contribution in [0.5, 0.6) is 0 Å². The van der Waals surface area contributed by atoms with Gasteiger partial charge in [0.2, 0.25) is 0 Å². The van der Waals surface area contributed by atoms with Gasteiger partial charge in [-0.25, -0.2) is 4.98 Å². The SMILES string of the molecule is Cc1cc(N)c(C(=N)c2cc(C(=O)N(C)C)ccn2)c(NC2CCOCC2)n1. The number of hydrogen-bond acceptors (Lipinski definition) is 7. The van der Waals surface area contributed by atoms with Gasteiger partial charge >= 0.3 is 0 Å². The number of carbonyl (C=O) groups excluding carboxylic acids is 1. The second kappa shape index (κ2) is 8.35. The fourth-order valence-electron chi connectivity index (χ4n) is 3.19. The number of nitrogens with one attached hydrogen (secondary N) is 2. The number of amides is 1. The van der Waals surface area contributed by atoms with E-state index >= 15 is 0 Å². The molecule has 0 radical (unpaired) electrons. The number of hydrogen-bond donors (Lipinski definition) is 3. The molecule has 1 fully saturated rings. The van der Waals surface area contributed by atoms with Crippen molar-refractivity contribution in [3.63, 3.8) is 0 Å². The topological polar surface area (TPSA) is 117 Å². The Hall–Kier alpha value is -3.00. The van der Waals surface area contributed by atoms with Gasteiger partial charge in [0, 0.05) is 56.5 Å². The predicted molar refractivity (Wildman–Crippen MR) is 109 cm³/mol. The first kappa shape index (κ1) is 19.8. The van der Waals surface area contributed by atoms with E-state index in [1.165, 1.54) is 11.1 Å². The molecule has 1 aliphatic heterocycles. The molecular weight excluding hydrogens is 356 g/mol. The average molecular weight is 382 g/mol. The first-order valence-corrected chi connectivity index (χ1v) is 9.25. The lowest BCUT2D eigenvalue weighted by atomic mass is 10.0. The number of pyridine rings is 2. The molecule has 3 rings (SSSR count). The summed E-state index contributed by atoms with van der Waals surface area (Å²) in [6.45, 7) is 3.26. The third-order valence-electron chi connectivity index (χ3n) is 4.66. The molecule has 8 nitrogen and oxygen atoms in total. The van der Waals surface area contributed by atoms with Crippen LogP contribution in [-0.4, -0.2) is 59.8 Å². The van der Waals surface area contributed by atoms with Gasteiger partial charge in [0.1, 0.15) is 5.82 Å². The van der Waals surface area contributed by atoms with E-state index in [1.54, 1.807) is 32.3 Å². The third-order valence-corrected chi connectivity index (χ3v) is 4.66. The third kappa shape index (κ3) is 4.28. The Morgan fingerprint density at radius 3 is 2.71 bits per heavy atom. The molecule has 0 aliphatic carbocycles. The van der Waals surface area contributed by atoms with Crippen LogP contribution in [0.3, 0.4) is 0 Å². The van der Waals surface area contributed by atoms with Crippen molar-refractivity contribution >= 4 is 23.1 Å². The molecule has 1 aliphatic rings. The smallest absolute Gasteiger partial charge is 0.253 e. The van der Waals surface area contributed by atoms with Gasteiger partial charge in [-0.1, -0.05) is 0 Å². The molecule has 0 atom stereocenters. The normalized spacial score (nSPS) is 14.5. The van der Waals surface area contributed by atoms with Crippen molar-refractivity contribution in [1.82, 2.24) is 14.9 Å². The van der Waals surface area contributed by atoms with E-state index in [4.69, 9.17) is 15.9 Å².